The average Bonchev–Trinajstić information content (AvgIpc) is 3.01. The number of aromatic nitrogens is 2. The zero-order valence-corrected chi connectivity index (χ0v) is 13.5. The van der Waals surface area contributed by atoms with Crippen molar-refractivity contribution in [2.75, 3.05) is 5.75 Å². The number of nitrogens with zero attached hydrogens (tertiary/aromatic N) is 2. The van der Waals surface area contributed by atoms with Gasteiger partial charge in [0.2, 0.25) is 0 Å². The van der Waals surface area contributed by atoms with Crippen LogP contribution in [0.25, 0.3) is 10.9 Å². The van der Waals surface area contributed by atoms with Gasteiger partial charge in [0.1, 0.15) is 5.76 Å². The smallest absolute Gasteiger partial charge is 0.262 e. The van der Waals surface area contributed by atoms with Crippen LogP contribution in [0.3, 0.4) is 0 Å². The van der Waals surface area contributed by atoms with Gasteiger partial charge in [0.25, 0.3) is 5.56 Å². The molecular formula is C17H18N2O2S. The van der Waals surface area contributed by atoms with Crippen molar-refractivity contribution in [3.63, 3.8) is 0 Å². The molecule has 22 heavy (non-hydrogen) atoms. The van der Waals surface area contributed by atoms with Crippen LogP contribution in [0.15, 0.2) is 57.0 Å². The van der Waals surface area contributed by atoms with Gasteiger partial charge in [0.05, 0.1) is 23.7 Å². The molecule has 0 bridgehead atoms. The molecule has 0 spiro atoms. The van der Waals surface area contributed by atoms with E-state index >= 15 is 0 Å². The summed E-state index contributed by atoms with van der Waals surface area (Å²) in [6.45, 7) is 4.72. The minimum Gasteiger partial charge on any atom is -0.467 e. The fourth-order valence-electron chi connectivity index (χ4n) is 2.20. The summed E-state index contributed by atoms with van der Waals surface area (Å²) >= 11 is 1.62. The van der Waals surface area contributed by atoms with Gasteiger partial charge in [-0.15, -0.1) is 0 Å². The van der Waals surface area contributed by atoms with Gasteiger partial charge in [0, 0.05) is 5.75 Å². The van der Waals surface area contributed by atoms with Crippen LogP contribution in [0.1, 0.15) is 19.6 Å². The zero-order valence-electron chi connectivity index (χ0n) is 12.7. The number of para-hydroxylation sites is 1. The summed E-state index contributed by atoms with van der Waals surface area (Å²) in [5.41, 5.74) is 0.725. The molecule has 1 aromatic carbocycles. The van der Waals surface area contributed by atoms with Crippen molar-refractivity contribution in [2.24, 2.45) is 5.92 Å². The minimum absolute atomic E-state index is 0.0201. The molecule has 2 heterocycles. The topological polar surface area (TPSA) is 48.0 Å². The lowest BCUT2D eigenvalue weighted by molar-refractivity contribution is 0.476. The molecule has 0 aliphatic heterocycles. The molecule has 0 saturated carbocycles. The number of hydrogen-bond acceptors (Lipinski definition) is 4. The molecule has 0 aliphatic carbocycles. The van der Waals surface area contributed by atoms with Gasteiger partial charge in [-0.2, -0.15) is 0 Å². The molecule has 0 saturated heterocycles. The zero-order chi connectivity index (χ0) is 15.5. The molecule has 3 rings (SSSR count). The molecule has 4 nitrogen and oxygen atoms in total. The van der Waals surface area contributed by atoms with Crippen LogP contribution in [-0.4, -0.2) is 15.3 Å². The summed E-state index contributed by atoms with van der Waals surface area (Å²) in [6, 6.07) is 11.2. The van der Waals surface area contributed by atoms with Crippen LogP contribution in [-0.2, 0) is 6.54 Å². The quantitative estimate of drug-likeness (QED) is 0.531. The normalized spacial score (nSPS) is 11.4. The maximum Gasteiger partial charge on any atom is 0.262 e. The molecule has 0 aliphatic rings. The standard InChI is InChI=1S/C17H18N2O2S/c1-12(2)11-22-17-18-15-8-4-3-7-14(15)16(20)19(17)10-13-6-5-9-21-13/h3-9,12H,10-11H2,1-2H3. The van der Waals surface area contributed by atoms with E-state index in [9.17, 15) is 4.79 Å². The third-order valence-electron chi connectivity index (χ3n) is 3.27. The van der Waals surface area contributed by atoms with Gasteiger partial charge in [0.15, 0.2) is 5.16 Å². The van der Waals surface area contributed by atoms with E-state index in [1.165, 1.54) is 0 Å². The van der Waals surface area contributed by atoms with Crippen molar-refractivity contribution >= 4 is 22.7 Å². The minimum atomic E-state index is -0.0201. The molecular weight excluding hydrogens is 296 g/mol. The first-order valence-electron chi connectivity index (χ1n) is 7.30. The summed E-state index contributed by atoms with van der Waals surface area (Å²) in [7, 11) is 0. The Bertz CT molecular complexity index is 822. The Morgan fingerprint density at radius 2 is 2.05 bits per heavy atom. The van der Waals surface area contributed by atoms with E-state index in [1.54, 1.807) is 22.6 Å². The van der Waals surface area contributed by atoms with Crippen LogP contribution >= 0.6 is 11.8 Å². The number of thioether (sulfide) groups is 1. The third-order valence-corrected chi connectivity index (χ3v) is 4.67. The lowest BCUT2D eigenvalue weighted by Gasteiger charge is -2.13. The van der Waals surface area contributed by atoms with Crippen molar-refractivity contribution in [3.05, 3.63) is 58.8 Å². The molecule has 114 valence electrons. The molecule has 2 aromatic heterocycles. The molecule has 5 heteroatoms. The van der Waals surface area contributed by atoms with E-state index in [0.717, 1.165) is 22.2 Å². The number of hydrogen-bond donors (Lipinski definition) is 0. The van der Waals surface area contributed by atoms with Crippen molar-refractivity contribution in [3.8, 4) is 0 Å². The van der Waals surface area contributed by atoms with E-state index in [-0.39, 0.29) is 5.56 Å². The molecule has 0 amide bonds. The van der Waals surface area contributed by atoms with Gasteiger partial charge in [-0.25, -0.2) is 4.98 Å². The van der Waals surface area contributed by atoms with Gasteiger partial charge in [-0.3, -0.25) is 9.36 Å². The lowest BCUT2D eigenvalue weighted by Crippen LogP contribution is -2.24. The second kappa shape index (κ2) is 6.40. The monoisotopic (exact) mass is 314 g/mol. The molecule has 0 fully saturated rings. The van der Waals surface area contributed by atoms with E-state index in [2.05, 4.69) is 18.8 Å². The Morgan fingerprint density at radius 3 is 2.77 bits per heavy atom. The van der Waals surface area contributed by atoms with Crippen molar-refractivity contribution in [1.29, 1.82) is 0 Å². The Balaban J connectivity index is 2.10. The molecule has 0 radical (unpaired) electrons. The Morgan fingerprint density at radius 1 is 1.23 bits per heavy atom. The second-order valence-corrected chi connectivity index (χ2v) is 6.57. The SMILES string of the molecule is CC(C)CSc1nc2ccccc2c(=O)n1Cc1ccco1. The first-order valence-corrected chi connectivity index (χ1v) is 8.28. The predicted octanol–water partition coefficient (Wildman–Crippen LogP) is 3.79. The van der Waals surface area contributed by atoms with Gasteiger partial charge in [-0.1, -0.05) is 37.7 Å². The van der Waals surface area contributed by atoms with Gasteiger partial charge >= 0.3 is 0 Å². The first-order chi connectivity index (χ1) is 10.6. The van der Waals surface area contributed by atoms with Gasteiger partial charge < -0.3 is 4.42 Å². The highest BCUT2D eigenvalue weighted by Gasteiger charge is 2.13. The molecule has 0 atom stereocenters. The number of fused-ring (bicyclic) bond motifs is 1. The summed E-state index contributed by atoms with van der Waals surface area (Å²) in [5, 5.41) is 1.39. The van der Waals surface area contributed by atoms with Crippen LogP contribution in [0.4, 0.5) is 0 Å². The first kappa shape index (κ1) is 14.9. The number of rotatable bonds is 5. The summed E-state index contributed by atoms with van der Waals surface area (Å²) in [6.07, 6.45) is 1.62. The van der Waals surface area contributed by atoms with E-state index in [4.69, 9.17) is 4.42 Å². The van der Waals surface area contributed by atoms with Crippen LogP contribution in [0.2, 0.25) is 0 Å². The van der Waals surface area contributed by atoms with Gasteiger partial charge in [-0.05, 0) is 30.2 Å². The summed E-state index contributed by atoms with van der Waals surface area (Å²) in [4.78, 5) is 17.5. The van der Waals surface area contributed by atoms with Crippen molar-refractivity contribution in [1.82, 2.24) is 9.55 Å². The molecule has 0 N–H and O–H groups in total. The summed E-state index contributed by atoms with van der Waals surface area (Å²) in [5.74, 6) is 2.21. The Labute approximate surface area is 133 Å². The largest absolute Gasteiger partial charge is 0.467 e. The Hall–Kier alpha value is -2.01. The fraction of sp³-hybridized carbons (Fsp3) is 0.294. The lowest BCUT2D eigenvalue weighted by atomic mass is 10.2. The van der Waals surface area contributed by atoms with Crippen LogP contribution < -0.4 is 5.56 Å². The highest BCUT2D eigenvalue weighted by Crippen LogP contribution is 2.21. The highest BCUT2D eigenvalue weighted by molar-refractivity contribution is 7.99. The number of benzene rings is 1. The van der Waals surface area contributed by atoms with Crippen molar-refractivity contribution in [2.45, 2.75) is 25.5 Å². The number of furan rings is 1. The van der Waals surface area contributed by atoms with Crippen LogP contribution in [0, 0.1) is 5.92 Å². The van der Waals surface area contributed by atoms with Crippen LogP contribution in [0.5, 0.6) is 0 Å². The molecule has 3 aromatic rings. The highest BCUT2D eigenvalue weighted by atomic mass is 32.2. The third kappa shape index (κ3) is 3.09. The average molecular weight is 314 g/mol. The second-order valence-electron chi connectivity index (χ2n) is 5.59. The van der Waals surface area contributed by atoms with E-state index in [1.807, 2.05) is 36.4 Å². The predicted molar refractivity (Wildman–Crippen MR) is 89.4 cm³/mol. The molecule has 0 unspecified atom stereocenters. The summed E-state index contributed by atoms with van der Waals surface area (Å²) < 4.78 is 7.09. The van der Waals surface area contributed by atoms with E-state index < -0.39 is 0 Å². The van der Waals surface area contributed by atoms with Crippen molar-refractivity contribution < 1.29 is 4.42 Å². The van der Waals surface area contributed by atoms with E-state index in [0.29, 0.717) is 17.8 Å². The maximum atomic E-state index is 12.8. The maximum absolute atomic E-state index is 12.8. The Kier molecular flexibility index (Phi) is 4.34. The fourth-order valence-corrected chi connectivity index (χ4v) is 3.15.